The molecule has 12 rings (SSSR count). The molecule has 10 aromatic carbocycles. The Hall–Kier alpha value is -8.82. The van der Waals surface area contributed by atoms with Crippen LogP contribution in [0.1, 0.15) is 86.1 Å². The number of aromatic nitrogens is 2. The van der Waals surface area contributed by atoms with Gasteiger partial charge in [0.2, 0.25) is 0 Å². The zero-order chi connectivity index (χ0) is 50.9. The van der Waals surface area contributed by atoms with E-state index in [4.69, 9.17) is 0 Å². The van der Waals surface area contributed by atoms with Crippen molar-refractivity contribution < 1.29 is 0 Å². The highest BCUT2D eigenvalue weighted by molar-refractivity contribution is 6.08. The third-order valence-electron chi connectivity index (χ3n) is 14.9. The fraction of sp³-hybridized carbons (Fsp3) is 0.139. The van der Waals surface area contributed by atoms with Crippen molar-refractivity contribution in [2.75, 3.05) is 0 Å². The van der Waals surface area contributed by atoms with Gasteiger partial charge in [-0.25, -0.2) is 0 Å². The van der Waals surface area contributed by atoms with E-state index in [1.54, 1.807) is 0 Å². The summed E-state index contributed by atoms with van der Waals surface area (Å²) in [7, 11) is 0. The fourth-order valence-corrected chi connectivity index (χ4v) is 10.8. The Labute approximate surface area is 435 Å². The minimum Gasteiger partial charge on any atom is -0.305 e. The Bertz CT molecular complexity index is 3900. The second kappa shape index (κ2) is 18.0. The normalized spacial score (nSPS) is 11.8. The van der Waals surface area contributed by atoms with Gasteiger partial charge in [0.1, 0.15) is 0 Å². The van der Waals surface area contributed by atoms with Gasteiger partial charge in [-0.2, -0.15) is 0 Å². The van der Waals surface area contributed by atoms with Gasteiger partial charge in [0, 0.05) is 22.5 Å². The summed E-state index contributed by atoms with van der Waals surface area (Å²) in [6.07, 6.45) is 0. The van der Waals surface area contributed by atoms with Gasteiger partial charge in [-0.05, 0) is 126 Å². The van der Waals surface area contributed by atoms with Gasteiger partial charge in [-0.3, -0.25) is 0 Å². The van der Waals surface area contributed by atoms with E-state index < -0.39 is 0 Å². The summed E-state index contributed by atoms with van der Waals surface area (Å²) in [5.74, 6) is 15.9. The van der Waals surface area contributed by atoms with Crippen LogP contribution in [0.2, 0.25) is 0 Å². The first kappa shape index (κ1) is 46.3. The molecule has 12 aromatic rings. The molecule has 2 aromatic heterocycles. The number of aryl methyl sites for hydroxylation is 2. The maximum atomic E-state index is 4.03. The topological polar surface area (TPSA) is 9.86 Å². The van der Waals surface area contributed by atoms with Crippen LogP contribution in [-0.2, 0) is 10.8 Å². The summed E-state index contributed by atoms with van der Waals surface area (Å²) in [5.41, 5.74) is 17.0. The summed E-state index contributed by atoms with van der Waals surface area (Å²) in [4.78, 5) is 0. The Morgan fingerprint density at radius 2 is 0.595 bits per heavy atom. The molecule has 0 radical (unpaired) electrons. The number of hydrogen-bond donors (Lipinski definition) is 0. The number of rotatable bonds is 4. The highest BCUT2D eigenvalue weighted by Crippen LogP contribution is 2.46. The van der Waals surface area contributed by atoms with Crippen molar-refractivity contribution >= 4 is 54.1 Å². The van der Waals surface area contributed by atoms with Crippen LogP contribution in [0, 0.1) is 37.5 Å². The molecular formula is C72H58N2. The molecule has 0 aliphatic carbocycles. The molecule has 0 atom stereocenters. The average molecular weight is 951 g/mol. The van der Waals surface area contributed by atoms with E-state index in [9.17, 15) is 0 Å². The molecule has 0 saturated carbocycles. The van der Waals surface area contributed by atoms with Crippen molar-refractivity contribution in [3.8, 4) is 57.6 Å². The summed E-state index contributed by atoms with van der Waals surface area (Å²) >= 11 is 0. The van der Waals surface area contributed by atoms with Crippen molar-refractivity contribution in [1.82, 2.24) is 9.13 Å². The zero-order valence-electron chi connectivity index (χ0n) is 43.5. The van der Waals surface area contributed by atoms with E-state index >= 15 is 0 Å². The molecular weight excluding hydrogens is 893 g/mol. The van der Waals surface area contributed by atoms with Crippen LogP contribution < -0.4 is 0 Å². The molecule has 0 spiro atoms. The molecule has 356 valence electrons. The first-order chi connectivity index (χ1) is 35.8. The third kappa shape index (κ3) is 8.14. The number of hydrogen-bond acceptors (Lipinski definition) is 0. The van der Waals surface area contributed by atoms with Crippen molar-refractivity contribution in [3.63, 3.8) is 0 Å². The number of fused-ring (bicyclic) bond motifs is 5. The standard InChI is InChI=1S/C72H58N2/c1-47-25-29-49(30-26-47)67-65(43-41-63-59-21-13-9-17-51(59)45-52-18-10-14-22-60(52)63)69-70(73(67)57-37-33-55(34-38-57)71(3,4)5)66(44-42-64-61-23-15-11-19-53(61)46-54-20-12-16-24-62(54)64)68(50-31-27-48(2)28-32-50)74(69)58-39-35-56(36-40-58)72(6,7)8/h9-40,45-46H,1-8H3. The second-order valence-electron chi connectivity index (χ2n) is 22.0. The van der Waals surface area contributed by atoms with Gasteiger partial charge < -0.3 is 9.13 Å². The Balaban J connectivity index is 1.32. The minimum atomic E-state index is -0.0405. The maximum Gasteiger partial charge on any atom is 0.0897 e. The van der Waals surface area contributed by atoms with Gasteiger partial charge in [0.15, 0.2) is 0 Å². The summed E-state index contributed by atoms with van der Waals surface area (Å²) in [5, 5.41) is 9.18. The van der Waals surface area contributed by atoms with Crippen LogP contribution in [0.5, 0.6) is 0 Å². The second-order valence-corrected chi connectivity index (χ2v) is 22.0. The molecule has 74 heavy (non-hydrogen) atoms. The molecule has 2 heterocycles. The SMILES string of the molecule is Cc1ccc(-c2c(C#Cc3c4ccccc4cc4ccccc34)c3c(c(C#Cc4c5ccccc5cc5ccccc45)c(-c4ccc(C)cc4)n3-c3ccc(C(C)(C)C)cc3)n2-c2ccc(C(C)(C)C)cc2)cc1. The monoisotopic (exact) mass is 950 g/mol. The zero-order valence-corrected chi connectivity index (χ0v) is 43.5. The predicted molar refractivity (Wildman–Crippen MR) is 315 cm³/mol. The van der Waals surface area contributed by atoms with E-state index in [1.165, 1.54) is 43.8 Å². The van der Waals surface area contributed by atoms with Crippen molar-refractivity contribution in [3.05, 3.63) is 251 Å². The number of nitrogens with zero attached hydrogens (tertiary/aromatic N) is 2. The molecule has 2 heteroatoms. The molecule has 0 fully saturated rings. The average Bonchev–Trinajstić information content (AvgIpc) is 3.91. The molecule has 0 saturated heterocycles. The Morgan fingerprint density at radius 3 is 0.892 bits per heavy atom. The summed E-state index contributed by atoms with van der Waals surface area (Å²) in [6.45, 7) is 18.0. The van der Waals surface area contributed by atoms with E-state index in [1.807, 2.05) is 0 Å². The predicted octanol–water partition coefficient (Wildman–Crippen LogP) is 18.4. The van der Waals surface area contributed by atoms with Crippen molar-refractivity contribution in [1.29, 1.82) is 0 Å². The van der Waals surface area contributed by atoms with Gasteiger partial charge in [0.25, 0.3) is 0 Å². The van der Waals surface area contributed by atoms with Gasteiger partial charge in [0.05, 0.1) is 33.5 Å². The molecule has 2 nitrogen and oxygen atoms in total. The quantitative estimate of drug-likeness (QED) is 0.123. The molecule has 0 N–H and O–H groups in total. The minimum absolute atomic E-state index is 0.0405. The third-order valence-corrected chi connectivity index (χ3v) is 14.9. The van der Waals surface area contributed by atoms with Crippen LogP contribution in [0.15, 0.2) is 206 Å². The highest BCUT2D eigenvalue weighted by atomic mass is 15.1. The maximum absolute atomic E-state index is 4.03. The highest BCUT2D eigenvalue weighted by Gasteiger charge is 2.31. The first-order valence-electron chi connectivity index (χ1n) is 25.8. The largest absolute Gasteiger partial charge is 0.305 e. The lowest BCUT2D eigenvalue weighted by Gasteiger charge is -2.20. The summed E-state index contributed by atoms with van der Waals surface area (Å²) < 4.78 is 4.95. The lowest BCUT2D eigenvalue weighted by Crippen LogP contribution is -2.11. The number of benzene rings is 10. The van der Waals surface area contributed by atoms with Crippen LogP contribution in [0.25, 0.3) is 88.0 Å². The van der Waals surface area contributed by atoms with Crippen molar-refractivity contribution in [2.24, 2.45) is 0 Å². The van der Waals surface area contributed by atoms with E-state index in [-0.39, 0.29) is 10.8 Å². The fourth-order valence-electron chi connectivity index (χ4n) is 10.8. The van der Waals surface area contributed by atoms with Gasteiger partial charge in [-0.15, -0.1) is 0 Å². The van der Waals surface area contributed by atoms with Gasteiger partial charge >= 0.3 is 0 Å². The van der Waals surface area contributed by atoms with Crippen molar-refractivity contribution in [2.45, 2.75) is 66.2 Å². The smallest absolute Gasteiger partial charge is 0.0897 e. The lowest BCUT2D eigenvalue weighted by molar-refractivity contribution is 0.590. The van der Waals surface area contributed by atoms with Crippen LogP contribution >= 0.6 is 0 Å². The van der Waals surface area contributed by atoms with Gasteiger partial charge in [-0.1, -0.05) is 246 Å². The van der Waals surface area contributed by atoms with Crippen LogP contribution in [-0.4, -0.2) is 9.13 Å². The summed E-state index contributed by atoms with van der Waals surface area (Å²) in [6, 6.07) is 75.5. The molecule has 0 unspecified atom stereocenters. The van der Waals surface area contributed by atoms with E-state index in [0.717, 1.165) is 88.7 Å². The molecule has 0 aliphatic rings. The van der Waals surface area contributed by atoms with Crippen LogP contribution in [0.4, 0.5) is 0 Å². The van der Waals surface area contributed by atoms with Crippen LogP contribution in [0.3, 0.4) is 0 Å². The molecule has 0 amide bonds. The molecule has 0 aliphatic heterocycles. The Kier molecular flexibility index (Phi) is 11.3. The first-order valence-corrected chi connectivity index (χ1v) is 25.8. The lowest BCUT2D eigenvalue weighted by atomic mass is 9.87. The van der Waals surface area contributed by atoms with E-state index in [0.29, 0.717) is 0 Å². The van der Waals surface area contributed by atoms with E-state index in [2.05, 4.69) is 294 Å². The Morgan fingerprint density at radius 1 is 0.311 bits per heavy atom. The molecule has 0 bridgehead atoms.